The molecule has 0 heterocycles. The van der Waals surface area contributed by atoms with E-state index in [0.29, 0.717) is 12.2 Å². The molecule has 3 heteroatoms. The van der Waals surface area contributed by atoms with E-state index in [1.807, 2.05) is 13.0 Å². The van der Waals surface area contributed by atoms with Crippen LogP contribution in [0.1, 0.15) is 18.5 Å². The van der Waals surface area contributed by atoms with E-state index >= 15 is 0 Å². The molecule has 1 atom stereocenters. The third-order valence-electron chi connectivity index (χ3n) is 2.13. The standard InChI is InChI=1S/C11H16FNO/c1-9(13-7-8-14-2)10-5-3-4-6-11(10)12/h3-6,9,13H,7-8H2,1-2H3/t9-/m1/s1. The van der Waals surface area contributed by atoms with E-state index in [4.69, 9.17) is 4.74 Å². The molecule has 14 heavy (non-hydrogen) atoms. The summed E-state index contributed by atoms with van der Waals surface area (Å²) < 4.78 is 18.2. The molecule has 1 N–H and O–H groups in total. The molecule has 0 radical (unpaired) electrons. The molecule has 0 unspecified atom stereocenters. The Balaban J connectivity index is 2.51. The van der Waals surface area contributed by atoms with Gasteiger partial charge in [0.25, 0.3) is 0 Å². The van der Waals surface area contributed by atoms with Gasteiger partial charge in [0, 0.05) is 25.3 Å². The third-order valence-corrected chi connectivity index (χ3v) is 2.13. The van der Waals surface area contributed by atoms with Crippen LogP contribution in [-0.4, -0.2) is 20.3 Å². The number of halogens is 1. The number of hydrogen-bond acceptors (Lipinski definition) is 2. The topological polar surface area (TPSA) is 21.3 Å². The maximum atomic E-state index is 13.3. The molecule has 0 saturated carbocycles. The van der Waals surface area contributed by atoms with Crippen molar-refractivity contribution in [2.45, 2.75) is 13.0 Å². The summed E-state index contributed by atoms with van der Waals surface area (Å²) in [6.07, 6.45) is 0. The van der Waals surface area contributed by atoms with Gasteiger partial charge in [0.2, 0.25) is 0 Å². The molecule has 0 saturated heterocycles. The number of hydrogen-bond donors (Lipinski definition) is 1. The van der Waals surface area contributed by atoms with E-state index in [1.165, 1.54) is 6.07 Å². The quantitative estimate of drug-likeness (QED) is 0.730. The van der Waals surface area contributed by atoms with Crippen molar-refractivity contribution in [3.05, 3.63) is 35.6 Å². The first-order valence-electron chi connectivity index (χ1n) is 4.72. The molecule has 0 fully saturated rings. The SMILES string of the molecule is COCCN[C@H](C)c1ccccc1F. The molecule has 0 aliphatic carbocycles. The highest BCUT2D eigenvalue weighted by Crippen LogP contribution is 2.15. The van der Waals surface area contributed by atoms with Gasteiger partial charge in [0.1, 0.15) is 5.82 Å². The first-order chi connectivity index (χ1) is 6.75. The Morgan fingerprint density at radius 1 is 1.43 bits per heavy atom. The third kappa shape index (κ3) is 3.09. The smallest absolute Gasteiger partial charge is 0.127 e. The normalized spacial score (nSPS) is 12.8. The van der Waals surface area contributed by atoms with Crippen LogP contribution < -0.4 is 5.32 Å². The van der Waals surface area contributed by atoms with Crippen LogP contribution in [0.5, 0.6) is 0 Å². The summed E-state index contributed by atoms with van der Waals surface area (Å²) in [7, 11) is 1.65. The van der Waals surface area contributed by atoms with Crippen LogP contribution in [-0.2, 0) is 4.74 Å². The Morgan fingerprint density at radius 3 is 2.79 bits per heavy atom. The second-order valence-electron chi connectivity index (χ2n) is 3.19. The second kappa shape index (κ2) is 5.73. The number of nitrogens with one attached hydrogen (secondary N) is 1. The maximum absolute atomic E-state index is 13.3. The molecule has 0 aliphatic heterocycles. The van der Waals surface area contributed by atoms with Gasteiger partial charge in [0.05, 0.1) is 6.61 Å². The van der Waals surface area contributed by atoms with Gasteiger partial charge in [-0.2, -0.15) is 0 Å². The molecular formula is C11H16FNO. The maximum Gasteiger partial charge on any atom is 0.127 e. The number of rotatable bonds is 5. The van der Waals surface area contributed by atoms with Crippen molar-refractivity contribution in [3.8, 4) is 0 Å². The highest BCUT2D eigenvalue weighted by molar-refractivity contribution is 5.20. The highest BCUT2D eigenvalue weighted by atomic mass is 19.1. The fraction of sp³-hybridized carbons (Fsp3) is 0.455. The fourth-order valence-corrected chi connectivity index (χ4v) is 1.31. The number of benzene rings is 1. The van der Waals surface area contributed by atoms with Crippen LogP contribution in [0.2, 0.25) is 0 Å². The lowest BCUT2D eigenvalue weighted by Gasteiger charge is -2.14. The molecular weight excluding hydrogens is 181 g/mol. The second-order valence-corrected chi connectivity index (χ2v) is 3.19. The average molecular weight is 197 g/mol. The van der Waals surface area contributed by atoms with E-state index < -0.39 is 0 Å². The molecule has 2 nitrogen and oxygen atoms in total. The van der Waals surface area contributed by atoms with E-state index in [2.05, 4.69) is 5.32 Å². The van der Waals surface area contributed by atoms with Crippen molar-refractivity contribution in [1.82, 2.24) is 5.32 Å². The molecule has 78 valence electrons. The van der Waals surface area contributed by atoms with Crippen LogP contribution in [0.4, 0.5) is 4.39 Å². The molecule has 0 amide bonds. The van der Waals surface area contributed by atoms with Gasteiger partial charge >= 0.3 is 0 Å². The van der Waals surface area contributed by atoms with Crippen molar-refractivity contribution >= 4 is 0 Å². The summed E-state index contributed by atoms with van der Waals surface area (Å²) in [6.45, 7) is 3.30. The van der Waals surface area contributed by atoms with Crippen LogP contribution >= 0.6 is 0 Å². The lowest BCUT2D eigenvalue weighted by Crippen LogP contribution is -2.23. The van der Waals surface area contributed by atoms with Crippen molar-refractivity contribution in [2.75, 3.05) is 20.3 Å². The number of methoxy groups -OCH3 is 1. The zero-order valence-corrected chi connectivity index (χ0v) is 8.59. The first kappa shape index (κ1) is 11.1. The average Bonchev–Trinajstić information content (AvgIpc) is 2.18. The van der Waals surface area contributed by atoms with Crippen molar-refractivity contribution < 1.29 is 9.13 Å². The van der Waals surface area contributed by atoms with Crippen molar-refractivity contribution in [2.24, 2.45) is 0 Å². The lowest BCUT2D eigenvalue weighted by atomic mass is 10.1. The summed E-state index contributed by atoms with van der Waals surface area (Å²) in [5, 5.41) is 3.18. The van der Waals surface area contributed by atoms with E-state index in [9.17, 15) is 4.39 Å². The van der Waals surface area contributed by atoms with E-state index in [-0.39, 0.29) is 11.9 Å². The molecule has 0 bridgehead atoms. The zero-order valence-electron chi connectivity index (χ0n) is 8.59. The number of ether oxygens (including phenoxy) is 1. The van der Waals surface area contributed by atoms with Crippen LogP contribution in [0.15, 0.2) is 24.3 Å². The van der Waals surface area contributed by atoms with Gasteiger partial charge in [-0.3, -0.25) is 0 Å². The van der Waals surface area contributed by atoms with Crippen molar-refractivity contribution in [1.29, 1.82) is 0 Å². The Morgan fingerprint density at radius 2 is 2.14 bits per heavy atom. The Labute approximate surface area is 84.1 Å². The van der Waals surface area contributed by atoms with E-state index in [0.717, 1.165) is 6.54 Å². The van der Waals surface area contributed by atoms with Gasteiger partial charge in [-0.15, -0.1) is 0 Å². The summed E-state index contributed by atoms with van der Waals surface area (Å²) in [5.74, 6) is -0.162. The van der Waals surface area contributed by atoms with Crippen LogP contribution in [0.3, 0.4) is 0 Å². The fourth-order valence-electron chi connectivity index (χ4n) is 1.31. The van der Waals surface area contributed by atoms with Crippen LogP contribution in [0, 0.1) is 5.82 Å². The van der Waals surface area contributed by atoms with Gasteiger partial charge in [-0.25, -0.2) is 4.39 Å². The van der Waals surface area contributed by atoms with Crippen molar-refractivity contribution in [3.63, 3.8) is 0 Å². The molecule has 1 aromatic carbocycles. The lowest BCUT2D eigenvalue weighted by molar-refractivity contribution is 0.196. The zero-order chi connectivity index (χ0) is 10.4. The van der Waals surface area contributed by atoms with Gasteiger partial charge in [-0.05, 0) is 13.0 Å². The predicted octanol–water partition coefficient (Wildman–Crippen LogP) is 2.12. The van der Waals surface area contributed by atoms with Crippen LogP contribution in [0.25, 0.3) is 0 Å². The van der Waals surface area contributed by atoms with E-state index in [1.54, 1.807) is 19.2 Å². The Hall–Kier alpha value is -0.930. The summed E-state index contributed by atoms with van der Waals surface area (Å²) in [5.41, 5.74) is 0.698. The molecule has 0 spiro atoms. The molecule has 1 aromatic rings. The molecule has 1 rings (SSSR count). The monoisotopic (exact) mass is 197 g/mol. The molecule has 0 aliphatic rings. The Kier molecular flexibility index (Phi) is 4.56. The first-order valence-corrected chi connectivity index (χ1v) is 4.72. The summed E-state index contributed by atoms with van der Waals surface area (Å²) in [6, 6.07) is 6.82. The Bertz CT molecular complexity index is 278. The predicted molar refractivity (Wildman–Crippen MR) is 54.7 cm³/mol. The summed E-state index contributed by atoms with van der Waals surface area (Å²) >= 11 is 0. The molecule has 0 aromatic heterocycles. The largest absolute Gasteiger partial charge is 0.383 e. The summed E-state index contributed by atoms with van der Waals surface area (Å²) in [4.78, 5) is 0. The minimum atomic E-state index is -0.162. The van der Waals surface area contributed by atoms with Gasteiger partial charge < -0.3 is 10.1 Å². The highest BCUT2D eigenvalue weighted by Gasteiger charge is 2.08. The minimum Gasteiger partial charge on any atom is -0.383 e. The van der Waals surface area contributed by atoms with Gasteiger partial charge in [-0.1, -0.05) is 18.2 Å². The van der Waals surface area contributed by atoms with Gasteiger partial charge in [0.15, 0.2) is 0 Å². The minimum absolute atomic E-state index is 0.0198.